The van der Waals surface area contributed by atoms with Crippen LogP contribution in [0.1, 0.15) is 17.3 Å². The molecule has 0 aliphatic carbocycles. The van der Waals surface area contributed by atoms with Crippen molar-refractivity contribution in [2.24, 2.45) is 0 Å². The summed E-state index contributed by atoms with van der Waals surface area (Å²) in [6.07, 6.45) is 0. The standard InChI is InChI=1S/C12H15NO4S/c1-10(14)11-3-2-4-12(9-11)18(15,16)13-5-7-17-8-6-13/h2-4,9H,5-8H2,1H3. The van der Waals surface area contributed by atoms with E-state index in [1.807, 2.05) is 0 Å². The van der Waals surface area contributed by atoms with Crippen LogP contribution in [-0.2, 0) is 14.8 Å². The van der Waals surface area contributed by atoms with E-state index in [1.165, 1.54) is 23.4 Å². The first-order valence-corrected chi connectivity index (χ1v) is 7.15. The average molecular weight is 269 g/mol. The van der Waals surface area contributed by atoms with Crippen molar-refractivity contribution in [3.8, 4) is 0 Å². The Kier molecular flexibility index (Phi) is 3.79. The molecule has 1 fully saturated rings. The van der Waals surface area contributed by atoms with Crippen LogP contribution >= 0.6 is 0 Å². The molecule has 1 aliphatic heterocycles. The van der Waals surface area contributed by atoms with Gasteiger partial charge in [-0.2, -0.15) is 4.31 Å². The van der Waals surface area contributed by atoms with Gasteiger partial charge in [-0.3, -0.25) is 4.79 Å². The number of benzene rings is 1. The van der Waals surface area contributed by atoms with Gasteiger partial charge in [-0.1, -0.05) is 12.1 Å². The first-order valence-electron chi connectivity index (χ1n) is 5.71. The summed E-state index contributed by atoms with van der Waals surface area (Å²) in [5.41, 5.74) is 0.407. The van der Waals surface area contributed by atoms with Gasteiger partial charge < -0.3 is 4.74 Å². The van der Waals surface area contributed by atoms with E-state index in [0.29, 0.717) is 31.9 Å². The minimum absolute atomic E-state index is 0.144. The lowest BCUT2D eigenvalue weighted by atomic mass is 10.2. The Hall–Kier alpha value is -1.24. The van der Waals surface area contributed by atoms with Gasteiger partial charge >= 0.3 is 0 Å². The topological polar surface area (TPSA) is 63.7 Å². The van der Waals surface area contributed by atoms with Crippen LogP contribution in [-0.4, -0.2) is 44.8 Å². The van der Waals surface area contributed by atoms with E-state index < -0.39 is 10.0 Å². The van der Waals surface area contributed by atoms with Gasteiger partial charge in [-0.25, -0.2) is 8.42 Å². The van der Waals surface area contributed by atoms with Crippen molar-refractivity contribution < 1.29 is 17.9 Å². The SMILES string of the molecule is CC(=O)c1cccc(S(=O)(=O)N2CCOCC2)c1. The number of carbonyl (C=O) groups excluding carboxylic acids is 1. The Morgan fingerprint density at radius 2 is 1.94 bits per heavy atom. The van der Waals surface area contributed by atoms with Crippen LogP contribution in [0.2, 0.25) is 0 Å². The number of ether oxygens (including phenoxy) is 1. The van der Waals surface area contributed by atoms with E-state index >= 15 is 0 Å². The monoisotopic (exact) mass is 269 g/mol. The first kappa shape index (κ1) is 13.2. The number of Topliss-reactive ketones (excluding diaryl/α,β-unsaturated/α-hetero) is 1. The predicted molar refractivity (Wildman–Crippen MR) is 66.0 cm³/mol. The second kappa shape index (κ2) is 5.17. The highest BCUT2D eigenvalue weighted by Crippen LogP contribution is 2.18. The maximum Gasteiger partial charge on any atom is 0.243 e. The van der Waals surface area contributed by atoms with E-state index in [0.717, 1.165) is 0 Å². The van der Waals surface area contributed by atoms with Crippen molar-refractivity contribution >= 4 is 15.8 Å². The van der Waals surface area contributed by atoms with Crippen molar-refractivity contribution in [2.75, 3.05) is 26.3 Å². The number of ketones is 1. The van der Waals surface area contributed by atoms with E-state index in [4.69, 9.17) is 4.74 Å². The summed E-state index contributed by atoms with van der Waals surface area (Å²) in [4.78, 5) is 11.4. The maximum atomic E-state index is 12.3. The summed E-state index contributed by atoms with van der Waals surface area (Å²) < 4.78 is 31.2. The zero-order valence-electron chi connectivity index (χ0n) is 10.1. The molecule has 1 aromatic rings. The maximum absolute atomic E-state index is 12.3. The Morgan fingerprint density at radius 1 is 1.28 bits per heavy atom. The van der Waals surface area contributed by atoms with Gasteiger partial charge in [-0.05, 0) is 19.1 Å². The third-order valence-corrected chi connectivity index (χ3v) is 4.74. The molecule has 18 heavy (non-hydrogen) atoms. The fourth-order valence-electron chi connectivity index (χ4n) is 1.81. The first-order chi connectivity index (χ1) is 8.51. The van der Waals surface area contributed by atoms with Gasteiger partial charge in [0.15, 0.2) is 5.78 Å². The van der Waals surface area contributed by atoms with Gasteiger partial charge in [0.2, 0.25) is 10.0 Å². The molecule has 0 N–H and O–H groups in total. The average Bonchev–Trinajstić information content (AvgIpc) is 2.40. The van der Waals surface area contributed by atoms with Gasteiger partial charge in [0.05, 0.1) is 18.1 Å². The van der Waals surface area contributed by atoms with Crippen LogP contribution in [0.25, 0.3) is 0 Å². The number of hydrogen-bond acceptors (Lipinski definition) is 4. The number of hydrogen-bond donors (Lipinski definition) is 0. The van der Waals surface area contributed by atoms with Crippen LogP contribution in [0.4, 0.5) is 0 Å². The Morgan fingerprint density at radius 3 is 2.56 bits per heavy atom. The van der Waals surface area contributed by atoms with E-state index in [2.05, 4.69) is 0 Å². The zero-order valence-corrected chi connectivity index (χ0v) is 10.9. The largest absolute Gasteiger partial charge is 0.379 e. The minimum Gasteiger partial charge on any atom is -0.379 e. The van der Waals surface area contributed by atoms with Crippen molar-refractivity contribution in [1.29, 1.82) is 0 Å². The Balaban J connectivity index is 2.34. The molecule has 6 heteroatoms. The second-order valence-electron chi connectivity index (χ2n) is 4.10. The highest BCUT2D eigenvalue weighted by Gasteiger charge is 2.26. The number of nitrogens with zero attached hydrogens (tertiary/aromatic N) is 1. The molecule has 1 heterocycles. The predicted octanol–water partition coefficient (Wildman–Crippen LogP) is 0.910. The number of morpholine rings is 1. The molecule has 1 saturated heterocycles. The molecule has 98 valence electrons. The smallest absolute Gasteiger partial charge is 0.243 e. The lowest BCUT2D eigenvalue weighted by molar-refractivity contribution is 0.0730. The van der Waals surface area contributed by atoms with Crippen molar-refractivity contribution in [3.05, 3.63) is 29.8 Å². The molecule has 0 aromatic heterocycles. The third kappa shape index (κ3) is 2.60. The fraction of sp³-hybridized carbons (Fsp3) is 0.417. The lowest BCUT2D eigenvalue weighted by Gasteiger charge is -2.26. The van der Waals surface area contributed by atoms with E-state index in [-0.39, 0.29) is 10.7 Å². The summed E-state index contributed by atoms with van der Waals surface area (Å²) in [7, 11) is -3.52. The fourth-order valence-corrected chi connectivity index (χ4v) is 3.27. The van der Waals surface area contributed by atoms with Crippen molar-refractivity contribution in [2.45, 2.75) is 11.8 Å². The molecular weight excluding hydrogens is 254 g/mol. The normalized spacial score (nSPS) is 17.6. The van der Waals surface area contributed by atoms with Gasteiger partial charge in [-0.15, -0.1) is 0 Å². The molecule has 2 rings (SSSR count). The van der Waals surface area contributed by atoms with Crippen LogP contribution in [0.15, 0.2) is 29.2 Å². The zero-order chi connectivity index (χ0) is 13.2. The third-order valence-electron chi connectivity index (χ3n) is 2.85. The van der Waals surface area contributed by atoms with E-state index in [1.54, 1.807) is 12.1 Å². The summed E-state index contributed by atoms with van der Waals surface area (Å²) in [5, 5.41) is 0. The van der Waals surface area contributed by atoms with Gasteiger partial charge in [0, 0.05) is 18.7 Å². The molecule has 0 unspecified atom stereocenters. The summed E-state index contributed by atoms with van der Waals surface area (Å²) >= 11 is 0. The number of carbonyl (C=O) groups is 1. The van der Waals surface area contributed by atoms with Gasteiger partial charge in [0.1, 0.15) is 0 Å². The molecule has 5 nitrogen and oxygen atoms in total. The van der Waals surface area contributed by atoms with Gasteiger partial charge in [0.25, 0.3) is 0 Å². The highest BCUT2D eigenvalue weighted by molar-refractivity contribution is 7.89. The van der Waals surface area contributed by atoms with Crippen molar-refractivity contribution in [3.63, 3.8) is 0 Å². The molecule has 0 radical (unpaired) electrons. The van der Waals surface area contributed by atoms with Crippen molar-refractivity contribution in [1.82, 2.24) is 4.31 Å². The molecule has 0 bridgehead atoms. The quantitative estimate of drug-likeness (QED) is 0.765. The lowest BCUT2D eigenvalue weighted by Crippen LogP contribution is -2.40. The Labute approximate surface area is 106 Å². The summed E-state index contributed by atoms with van der Waals surface area (Å²) in [6.45, 7) is 2.94. The van der Waals surface area contributed by atoms with Crippen LogP contribution < -0.4 is 0 Å². The van der Waals surface area contributed by atoms with Crippen LogP contribution in [0.3, 0.4) is 0 Å². The molecule has 1 aliphatic rings. The van der Waals surface area contributed by atoms with Crippen LogP contribution in [0.5, 0.6) is 0 Å². The summed E-state index contributed by atoms with van der Waals surface area (Å²) in [5.74, 6) is -0.144. The second-order valence-corrected chi connectivity index (χ2v) is 6.04. The summed E-state index contributed by atoms with van der Waals surface area (Å²) in [6, 6.07) is 6.13. The van der Waals surface area contributed by atoms with E-state index in [9.17, 15) is 13.2 Å². The molecular formula is C12H15NO4S. The molecule has 0 amide bonds. The Bertz CT molecular complexity index is 547. The molecule has 0 spiro atoms. The highest BCUT2D eigenvalue weighted by atomic mass is 32.2. The molecule has 1 aromatic carbocycles. The minimum atomic E-state index is -3.52. The molecule has 0 saturated carbocycles. The number of rotatable bonds is 3. The molecule has 0 atom stereocenters. The number of sulfonamides is 1. The van der Waals surface area contributed by atoms with Crippen LogP contribution in [0, 0.1) is 0 Å².